The van der Waals surface area contributed by atoms with Crippen LogP contribution in [0.3, 0.4) is 0 Å². The number of thiophene rings is 1. The first-order valence-corrected chi connectivity index (χ1v) is 8.60. The molecule has 1 aromatic heterocycles. The number of ether oxygens (including phenoxy) is 1. The largest absolute Gasteiger partial charge is 0.389 e. The molecule has 3 nitrogen and oxygen atoms in total. The quantitative estimate of drug-likeness (QED) is 0.558. The molecule has 0 unspecified atom stereocenters. The molecule has 0 radical (unpaired) electrons. The van der Waals surface area contributed by atoms with Crippen LogP contribution in [0, 0.1) is 25.1 Å². The molecule has 1 heterocycles. The van der Waals surface area contributed by atoms with Crippen molar-refractivity contribution >= 4 is 11.3 Å². The summed E-state index contributed by atoms with van der Waals surface area (Å²) in [5, 5.41) is 10.2. The van der Waals surface area contributed by atoms with Crippen LogP contribution in [0.25, 0.3) is 0 Å². The van der Waals surface area contributed by atoms with E-state index in [1.54, 1.807) is 23.5 Å². The van der Waals surface area contributed by atoms with Gasteiger partial charge in [-0.25, -0.2) is 4.39 Å². The van der Waals surface area contributed by atoms with E-state index < -0.39 is 6.10 Å². The minimum absolute atomic E-state index is 0.194. The molecule has 24 heavy (non-hydrogen) atoms. The van der Waals surface area contributed by atoms with Crippen molar-refractivity contribution in [1.29, 1.82) is 0 Å². The summed E-state index contributed by atoms with van der Waals surface area (Å²) in [7, 11) is 0. The number of aliphatic hydroxyl groups is 1. The lowest BCUT2D eigenvalue weighted by atomic mass is 10.2. The summed E-state index contributed by atoms with van der Waals surface area (Å²) >= 11 is 1.74. The van der Waals surface area contributed by atoms with Crippen LogP contribution >= 0.6 is 11.3 Å². The fourth-order valence-corrected chi connectivity index (χ4v) is 3.36. The van der Waals surface area contributed by atoms with E-state index in [4.69, 9.17) is 11.2 Å². The second-order valence-electron chi connectivity index (χ2n) is 5.68. The van der Waals surface area contributed by atoms with Gasteiger partial charge in [-0.3, -0.25) is 4.90 Å². The van der Waals surface area contributed by atoms with Crippen molar-refractivity contribution in [3.63, 3.8) is 0 Å². The highest BCUT2D eigenvalue weighted by Gasteiger charge is 2.14. The van der Waals surface area contributed by atoms with Gasteiger partial charge in [0, 0.05) is 29.4 Å². The van der Waals surface area contributed by atoms with E-state index >= 15 is 0 Å². The molecule has 0 saturated carbocycles. The fraction of sp³-hybridized carbons (Fsp3) is 0.368. The van der Waals surface area contributed by atoms with Gasteiger partial charge in [-0.05, 0) is 36.8 Å². The Balaban J connectivity index is 1.99. The lowest BCUT2D eigenvalue weighted by Gasteiger charge is -2.24. The molecule has 2 aromatic rings. The number of nitrogens with zero attached hydrogens (tertiary/aromatic N) is 1. The maximum atomic E-state index is 13.1. The average molecular weight is 347 g/mol. The van der Waals surface area contributed by atoms with Gasteiger partial charge in [-0.15, -0.1) is 17.8 Å². The van der Waals surface area contributed by atoms with E-state index in [-0.39, 0.29) is 19.0 Å². The van der Waals surface area contributed by atoms with Crippen LogP contribution in [0.2, 0.25) is 0 Å². The Kier molecular flexibility index (Phi) is 7.41. The van der Waals surface area contributed by atoms with Crippen LogP contribution in [-0.2, 0) is 17.8 Å². The maximum absolute atomic E-state index is 13.1. The Hall–Kier alpha value is -1.71. The monoisotopic (exact) mass is 347 g/mol. The van der Waals surface area contributed by atoms with E-state index in [9.17, 15) is 9.50 Å². The zero-order valence-electron chi connectivity index (χ0n) is 13.7. The maximum Gasteiger partial charge on any atom is 0.123 e. The molecule has 0 aliphatic rings. The minimum atomic E-state index is -0.625. The van der Waals surface area contributed by atoms with Crippen LogP contribution in [0.15, 0.2) is 36.4 Å². The van der Waals surface area contributed by atoms with Crippen molar-refractivity contribution in [3.05, 3.63) is 57.5 Å². The molecular weight excluding hydrogens is 325 g/mol. The van der Waals surface area contributed by atoms with Gasteiger partial charge >= 0.3 is 0 Å². The Morgan fingerprint density at radius 1 is 1.25 bits per heavy atom. The van der Waals surface area contributed by atoms with Crippen LogP contribution in [0.1, 0.15) is 15.3 Å². The molecule has 128 valence electrons. The average Bonchev–Trinajstić information content (AvgIpc) is 2.95. The summed E-state index contributed by atoms with van der Waals surface area (Å²) in [5.74, 6) is 2.14. The lowest BCUT2D eigenvalue weighted by molar-refractivity contribution is 0.0245. The second kappa shape index (κ2) is 9.55. The van der Waals surface area contributed by atoms with Crippen molar-refractivity contribution < 1.29 is 14.2 Å². The topological polar surface area (TPSA) is 32.7 Å². The first kappa shape index (κ1) is 18.6. The predicted octanol–water partition coefficient (Wildman–Crippen LogP) is 3.21. The molecule has 0 saturated heterocycles. The van der Waals surface area contributed by atoms with Gasteiger partial charge < -0.3 is 9.84 Å². The molecule has 0 aliphatic heterocycles. The highest BCUT2D eigenvalue weighted by molar-refractivity contribution is 7.11. The first-order chi connectivity index (χ1) is 11.6. The first-order valence-electron chi connectivity index (χ1n) is 7.78. The fourth-order valence-electron chi connectivity index (χ4n) is 2.43. The highest BCUT2D eigenvalue weighted by atomic mass is 32.1. The van der Waals surface area contributed by atoms with Crippen molar-refractivity contribution in [2.75, 3.05) is 19.8 Å². The van der Waals surface area contributed by atoms with Gasteiger partial charge in [0.05, 0.1) is 12.7 Å². The Morgan fingerprint density at radius 3 is 2.62 bits per heavy atom. The summed E-state index contributed by atoms with van der Waals surface area (Å²) in [4.78, 5) is 4.61. The zero-order valence-corrected chi connectivity index (χ0v) is 14.6. The molecule has 0 aliphatic carbocycles. The van der Waals surface area contributed by atoms with Crippen molar-refractivity contribution in [2.24, 2.45) is 0 Å². The van der Waals surface area contributed by atoms with E-state index in [0.29, 0.717) is 13.1 Å². The number of rotatable bonds is 9. The number of benzene rings is 1. The summed E-state index contributed by atoms with van der Waals surface area (Å²) < 4.78 is 18.3. The van der Waals surface area contributed by atoms with E-state index in [1.165, 1.54) is 21.9 Å². The molecule has 5 heteroatoms. The Bertz CT molecular complexity index is 663. The Labute approximate surface area is 146 Å². The van der Waals surface area contributed by atoms with Gasteiger partial charge in [-0.2, -0.15) is 0 Å². The van der Waals surface area contributed by atoms with Crippen LogP contribution < -0.4 is 0 Å². The number of halogens is 1. The molecule has 1 N–H and O–H groups in total. The van der Waals surface area contributed by atoms with Gasteiger partial charge in [0.15, 0.2) is 0 Å². The number of hydrogen-bond donors (Lipinski definition) is 1. The smallest absolute Gasteiger partial charge is 0.123 e. The standard InChI is InChI=1S/C19H22FNO2S/c1-3-10-23-14-18(22)12-21(13-19-9-4-15(2)24-19)11-16-5-7-17(20)8-6-16/h1,4-9,18,22H,10-14H2,2H3/t18-/m1/s1. The van der Waals surface area contributed by atoms with Crippen molar-refractivity contribution in [2.45, 2.75) is 26.1 Å². The van der Waals surface area contributed by atoms with Gasteiger partial charge in [-0.1, -0.05) is 18.1 Å². The summed E-state index contributed by atoms with van der Waals surface area (Å²) in [6, 6.07) is 10.6. The zero-order chi connectivity index (χ0) is 17.4. The predicted molar refractivity (Wildman–Crippen MR) is 95.2 cm³/mol. The normalized spacial score (nSPS) is 12.3. The molecule has 2 rings (SSSR count). The third-order valence-electron chi connectivity index (χ3n) is 3.46. The molecule has 0 amide bonds. The molecule has 1 aromatic carbocycles. The van der Waals surface area contributed by atoms with E-state index in [2.05, 4.69) is 29.9 Å². The molecular formula is C19H22FNO2S. The number of aliphatic hydroxyl groups excluding tert-OH is 1. The third kappa shape index (κ3) is 6.42. The summed E-state index contributed by atoms with van der Waals surface area (Å²) in [5.41, 5.74) is 1.00. The molecule has 0 bridgehead atoms. The van der Waals surface area contributed by atoms with Crippen LogP contribution in [0.5, 0.6) is 0 Å². The third-order valence-corrected chi connectivity index (χ3v) is 4.44. The van der Waals surface area contributed by atoms with Crippen LogP contribution in [0.4, 0.5) is 4.39 Å². The number of aryl methyl sites for hydroxylation is 1. The van der Waals surface area contributed by atoms with Gasteiger partial charge in [0.25, 0.3) is 0 Å². The van der Waals surface area contributed by atoms with Gasteiger partial charge in [0.2, 0.25) is 0 Å². The highest BCUT2D eigenvalue weighted by Crippen LogP contribution is 2.19. The summed E-state index contributed by atoms with van der Waals surface area (Å²) in [6.45, 7) is 4.28. The SMILES string of the molecule is C#CCOC[C@H](O)CN(Cc1ccc(F)cc1)Cc1ccc(C)s1. The summed E-state index contributed by atoms with van der Waals surface area (Å²) in [6.07, 6.45) is 4.51. The van der Waals surface area contributed by atoms with Crippen LogP contribution in [-0.4, -0.2) is 35.9 Å². The molecule has 1 atom stereocenters. The van der Waals surface area contributed by atoms with Gasteiger partial charge in [0.1, 0.15) is 12.4 Å². The molecule has 0 fully saturated rings. The number of hydrogen-bond acceptors (Lipinski definition) is 4. The minimum Gasteiger partial charge on any atom is -0.389 e. The van der Waals surface area contributed by atoms with E-state index in [0.717, 1.165) is 12.1 Å². The Morgan fingerprint density at radius 2 is 2.00 bits per heavy atom. The van der Waals surface area contributed by atoms with E-state index in [1.807, 2.05) is 0 Å². The second-order valence-corrected chi connectivity index (χ2v) is 7.05. The lowest BCUT2D eigenvalue weighted by Crippen LogP contribution is -2.34. The number of terminal acetylenes is 1. The molecule has 0 spiro atoms. The van der Waals surface area contributed by atoms with Crippen molar-refractivity contribution in [3.8, 4) is 12.3 Å². The van der Waals surface area contributed by atoms with Crippen molar-refractivity contribution in [1.82, 2.24) is 4.90 Å².